The molecule has 0 bridgehead atoms. The first-order valence-corrected chi connectivity index (χ1v) is 11.3. The van der Waals surface area contributed by atoms with Gasteiger partial charge in [-0.15, -0.1) is 0 Å². The Morgan fingerprint density at radius 2 is 2.04 bits per heavy atom. The van der Waals surface area contributed by atoms with Crippen LogP contribution >= 0.6 is 11.8 Å². The van der Waals surface area contributed by atoms with Gasteiger partial charge in [0.05, 0.1) is 6.26 Å². The van der Waals surface area contributed by atoms with Gasteiger partial charge in [0.1, 0.15) is 0 Å². The van der Waals surface area contributed by atoms with Crippen LogP contribution in [0.4, 0.5) is 0 Å². The van der Waals surface area contributed by atoms with Gasteiger partial charge < -0.3 is 4.90 Å². The molecule has 0 radical (unpaired) electrons. The van der Waals surface area contributed by atoms with Gasteiger partial charge in [-0.05, 0) is 42.2 Å². The predicted octanol–water partition coefficient (Wildman–Crippen LogP) is 2.34. The lowest BCUT2D eigenvalue weighted by Crippen LogP contribution is -2.43. The molecular weight excluding hydrogens is 344 g/mol. The number of carbonyl (C=O) groups is 1. The lowest BCUT2D eigenvalue weighted by molar-refractivity contribution is 0.0676. The van der Waals surface area contributed by atoms with Gasteiger partial charge in [-0.2, -0.15) is 11.8 Å². The van der Waals surface area contributed by atoms with E-state index in [0.717, 1.165) is 37.1 Å². The largest absolute Gasteiger partial charge is 0.338 e. The van der Waals surface area contributed by atoms with Crippen LogP contribution in [-0.4, -0.2) is 50.9 Å². The minimum atomic E-state index is -3.18. The molecule has 0 aromatic heterocycles. The summed E-state index contributed by atoms with van der Waals surface area (Å²) in [7, 11) is -3.18. The molecule has 1 aromatic carbocycles. The number of rotatable bonds is 7. The van der Waals surface area contributed by atoms with E-state index in [-0.39, 0.29) is 11.8 Å². The fourth-order valence-corrected chi connectivity index (χ4v) is 4.00. The second-order valence-electron chi connectivity index (χ2n) is 6.21. The van der Waals surface area contributed by atoms with Crippen LogP contribution in [0.1, 0.15) is 35.7 Å². The number of nitrogens with zero attached hydrogens (tertiary/aromatic N) is 1. The van der Waals surface area contributed by atoms with Gasteiger partial charge in [0.15, 0.2) is 0 Å². The standard InChI is InChI=1S/C17H26N2O3S2/c1-3-23-13-14-6-8-16(9-7-14)17(20)19-10-4-5-15(12-19)11-18-24(2,21)22/h6-9,15,18H,3-5,10-13H2,1-2H3. The minimum Gasteiger partial charge on any atom is -0.338 e. The molecule has 2 rings (SSSR count). The number of amides is 1. The van der Waals surface area contributed by atoms with Gasteiger partial charge in [0, 0.05) is 31.0 Å². The molecule has 24 heavy (non-hydrogen) atoms. The van der Waals surface area contributed by atoms with Gasteiger partial charge in [0.2, 0.25) is 10.0 Å². The van der Waals surface area contributed by atoms with Crippen LogP contribution in [0, 0.1) is 5.92 Å². The fourth-order valence-electron chi connectivity index (χ4n) is 2.83. The van der Waals surface area contributed by atoms with Crippen LogP contribution in [-0.2, 0) is 15.8 Å². The Kier molecular flexibility index (Phi) is 7.13. The number of nitrogens with one attached hydrogen (secondary N) is 1. The van der Waals surface area contributed by atoms with Gasteiger partial charge in [-0.25, -0.2) is 13.1 Å². The normalized spacial score (nSPS) is 18.6. The Bertz CT molecular complexity index is 644. The average Bonchev–Trinajstić information content (AvgIpc) is 2.57. The lowest BCUT2D eigenvalue weighted by Gasteiger charge is -2.32. The molecular formula is C17H26N2O3S2. The third kappa shape index (κ3) is 6.11. The number of hydrogen-bond donors (Lipinski definition) is 1. The molecule has 0 saturated carbocycles. The molecule has 0 aliphatic carbocycles. The summed E-state index contributed by atoms with van der Waals surface area (Å²) in [6.45, 7) is 3.88. The monoisotopic (exact) mass is 370 g/mol. The lowest BCUT2D eigenvalue weighted by atomic mass is 9.97. The Morgan fingerprint density at radius 1 is 1.33 bits per heavy atom. The highest BCUT2D eigenvalue weighted by Gasteiger charge is 2.25. The number of carbonyl (C=O) groups excluding carboxylic acids is 1. The van der Waals surface area contributed by atoms with E-state index < -0.39 is 10.0 Å². The minimum absolute atomic E-state index is 0.0359. The number of hydrogen-bond acceptors (Lipinski definition) is 4. The van der Waals surface area contributed by atoms with E-state index in [1.54, 1.807) is 0 Å². The third-order valence-electron chi connectivity index (χ3n) is 4.11. The third-order valence-corrected chi connectivity index (χ3v) is 5.75. The van der Waals surface area contributed by atoms with Crippen molar-refractivity contribution < 1.29 is 13.2 Å². The van der Waals surface area contributed by atoms with E-state index in [1.165, 1.54) is 5.56 Å². The second kappa shape index (κ2) is 8.87. The fraction of sp³-hybridized carbons (Fsp3) is 0.588. The molecule has 1 atom stereocenters. The zero-order valence-corrected chi connectivity index (χ0v) is 16.0. The van der Waals surface area contributed by atoms with Crippen LogP contribution < -0.4 is 4.72 Å². The molecule has 1 aliphatic heterocycles. The van der Waals surface area contributed by atoms with E-state index in [2.05, 4.69) is 11.6 Å². The molecule has 134 valence electrons. The van der Waals surface area contributed by atoms with Crippen LogP contribution in [0.3, 0.4) is 0 Å². The number of benzene rings is 1. The van der Waals surface area contributed by atoms with E-state index in [1.807, 2.05) is 40.9 Å². The SMILES string of the molecule is CCSCc1ccc(C(=O)N2CCCC(CNS(C)(=O)=O)C2)cc1. The topological polar surface area (TPSA) is 66.5 Å². The Morgan fingerprint density at radius 3 is 2.67 bits per heavy atom. The summed E-state index contributed by atoms with van der Waals surface area (Å²) in [6.07, 6.45) is 3.02. The maximum Gasteiger partial charge on any atom is 0.253 e. The van der Waals surface area contributed by atoms with E-state index in [0.29, 0.717) is 18.7 Å². The van der Waals surface area contributed by atoms with E-state index in [4.69, 9.17) is 0 Å². The Hall–Kier alpha value is -1.05. The molecule has 1 N–H and O–H groups in total. The molecule has 1 aliphatic rings. The molecule has 1 fully saturated rings. The first kappa shape index (κ1) is 19.3. The second-order valence-corrected chi connectivity index (χ2v) is 9.32. The van der Waals surface area contributed by atoms with Crippen LogP contribution in [0.5, 0.6) is 0 Å². The highest BCUT2D eigenvalue weighted by atomic mass is 32.2. The van der Waals surface area contributed by atoms with E-state index >= 15 is 0 Å². The molecule has 1 amide bonds. The van der Waals surface area contributed by atoms with Crippen molar-refractivity contribution in [3.63, 3.8) is 0 Å². The van der Waals surface area contributed by atoms with Crippen molar-refractivity contribution in [1.82, 2.24) is 9.62 Å². The quantitative estimate of drug-likeness (QED) is 0.800. The van der Waals surface area contributed by atoms with Gasteiger partial charge >= 0.3 is 0 Å². The van der Waals surface area contributed by atoms with Crippen molar-refractivity contribution in [3.05, 3.63) is 35.4 Å². The smallest absolute Gasteiger partial charge is 0.253 e. The first-order valence-electron chi connectivity index (χ1n) is 8.29. The summed E-state index contributed by atoms with van der Waals surface area (Å²) in [5.41, 5.74) is 1.93. The average molecular weight is 371 g/mol. The summed E-state index contributed by atoms with van der Waals surface area (Å²) < 4.78 is 25.0. The number of likely N-dealkylation sites (tertiary alicyclic amines) is 1. The zero-order valence-electron chi connectivity index (χ0n) is 14.3. The number of piperidine rings is 1. The molecule has 1 saturated heterocycles. The molecule has 1 heterocycles. The summed E-state index contributed by atoms with van der Waals surface area (Å²) in [5, 5.41) is 0. The first-order chi connectivity index (χ1) is 11.4. The maximum atomic E-state index is 12.7. The molecule has 0 spiro atoms. The molecule has 1 unspecified atom stereocenters. The van der Waals surface area contributed by atoms with Crippen molar-refractivity contribution in [3.8, 4) is 0 Å². The highest BCUT2D eigenvalue weighted by Crippen LogP contribution is 2.19. The van der Waals surface area contributed by atoms with Crippen LogP contribution in [0.25, 0.3) is 0 Å². The molecule has 7 heteroatoms. The van der Waals surface area contributed by atoms with Crippen molar-refractivity contribution in [1.29, 1.82) is 0 Å². The van der Waals surface area contributed by atoms with Crippen LogP contribution in [0.2, 0.25) is 0 Å². The molecule has 5 nitrogen and oxygen atoms in total. The predicted molar refractivity (Wildman–Crippen MR) is 99.8 cm³/mol. The van der Waals surface area contributed by atoms with Crippen molar-refractivity contribution in [2.75, 3.05) is 31.6 Å². The van der Waals surface area contributed by atoms with Gasteiger partial charge in [-0.1, -0.05) is 19.1 Å². The summed E-state index contributed by atoms with van der Waals surface area (Å²) in [5.74, 6) is 2.26. The van der Waals surface area contributed by atoms with Crippen molar-refractivity contribution in [2.45, 2.75) is 25.5 Å². The summed E-state index contributed by atoms with van der Waals surface area (Å²) >= 11 is 1.86. The van der Waals surface area contributed by atoms with E-state index in [9.17, 15) is 13.2 Å². The van der Waals surface area contributed by atoms with Crippen LogP contribution in [0.15, 0.2) is 24.3 Å². The highest BCUT2D eigenvalue weighted by molar-refractivity contribution is 7.98. The Labute approximate surface area is 149 Å². The van der Waals surface area contributed by atoms with Gasteiger partial charge in [-0.3, -0.25) is 4.79 Å². The van der Waals surface area contributed by atoms with Gasteiger partial charge in [0.25, 0.3) is 5.91 Å². The summed E-state index contributed by atoms with van der Waals surface area (Å²) in [6, 6.07) is 7.82. The maximum absolute atomic E-state index is 12.7. The Balaban J connectivity index is 1.93. The summed E-state index contributed by atoms with van der Waals surface area (Å²) in [4.78, 5) is 14.5. The number of thioether (sulfide) groups is 1. The zero-order chi connectivity index (χ0) is 17.6. The van der Waals surface area contributed by atoms with Crippen molar-refractivity contribution in [2.24, 2.45) is 5.92 Å². The van der Waals surface area contributed by atoms with Crippen molar-refractivity contribution >= 4 is 27.7 Å². The molecule has 1 aromatic rings. The number of sulfonamides is 1.